The molecule has 4 rings (SSSR count). The average molecular weight is 437 g/mol. The molecule has 1 saturated heterocycles. The Balaban J connectivity index is 1.63. The summed E-state index contributed by atoms with van der Waals surface area (Å²) in [6, 6.07) is 13.8. The number of hydrogen-bond donors (Lipinski definition) is 0. The van der Waals surface area contributed by atoms with Crippen molar-refractivity contribution in [2.24, 2.45) is 0 Å². The molecular weight excluding hydrogens is 396 g/mol. The molecule has 0 saturated carbocycles. The van der Waals surface area contributed by atoms with E-state index in [1.54, 1.807) is 7.11 Å². The second kappa shape index (κ2) is 9.44. The fourth-order valence-corrected chi connectivity index (χ4v) is 5.44. The fourth-order valence-electron chi connectivity index (χ4n) is 5.44. The average Bonchev–Trinajstić information content (AvgIpc) is 2.78. The zero-order valence-electron chi connectivity index (χ0n) is 20.8. The van der Waals surface area contributed by atoms with Crippen LogP contribution in [0, 0.1) is 0 Å². The molecule has 4 heteroatoms. The van der Waals surface area contributed by atoms with E-state index in [1.165, 1.54) is 22.3 Å². The summed E-state index contributed by atoms with van der Waals surface area (Å²) in [5.74, 6) is 2.35. The molecule has 2 heterocycles. The first-order valence-corrected chi connectivity index (χ1v) is 12.2. The number of ether oxygens (including phenoxy) is 2. The molecule has 1 unspecified atom stereocenters. The maximum atomic E-state index is 6.02. The number of rotatable bonds is 5. The number of benzene rings is 2. The van der Waals surface area contributed by atoms with Gasteiger partial charge in [0.1, 0.15) is 0 Å². The van der Waals surface area contributed by atoms with E-state index < -0.39 is 0 Å². The van der Waals surface area contributed by atoms with Crippen LogP contribution in [0.4, 0.5) is 0 Å². The quantitative estimate of drug-likeness (QED) is 0.591. The molecule has 174 valence electrons. The lowest BCUT2D eigenvalue weighted by molar-refractivity contribution is 0.00541. The van der Waals surface area contributed by atoms with Crippen LogP contribution in [-0.2, 0) is 13.0 Å². The van der Waals surface area contributed by atoms with Crippen LogP contribution in [0.1, 0.15) is 75.3 Å². The highest BCUT2D eigenvalue weighted by Gasteiger charge is 2.36. The first-order valence-electron chi connectivity index (χ1n) is 12.2. The van der Waals surface area contributed by atoms with Gasteiger partial charge in [-0.05, 0) is 62.3 Å². The normalized spacial score (nSPS) is 20.2. The number of hydrogen-bond acceptors (Lipinski definition) is 4. The van der Waals surface area contributed by atoms with Crippen LogP contribution < -0.4 is 9.47 Å². The molecule has 0 amide bonds. The van der Waals surface area contributed by atoms with Gasteiger partial charge in [-0.25, -0.2) is 0 Å². The van der Waals surface area contributed by atoms with Crippen molar-refractivity contribution in [1.82, 2.24) is 9.80 Å². The first-order chi connectivity index (χ1) is 15.3. The largest absolute Gasteiger partial charge is 0.493 e. The maximum absolute atomic E-state index is 6.02. The molecule has 0 bridgehead atoms. The van der Waals surface area contributed by atoms with Crippen molar-refractivity contribution in [3.63, 3.8) is 0 Å². The molecule has 2 aromatic carbocycles. The second-order valence-corrected chi connectivity index (χ2v) is 10.6. The summed E-state index contributed by atoms with van der Waals surface area (Å²) in [5, 5.41) is 0. The van der Waals surface area contributed by atoms with Crippen molar-refractivity contribution in [3.8, 4) is 11.5 Å². The van der Waals surface area contributed by atoms with Gasteiger partial charge in [0.15, 0.2) is 11.5 Å². The van der Waals surface area contributed by atoms with E-state index in [0.29, 0.717) is 12.0 Å². The summed E-state index contributed by atoms with van der Waals surface area (Å²) >= 11 is 0. The highest BCUT2D eigenvalue weighted by molar-refractivity contribution is 5.51. The molecule has 0 N–H and O–H groups in total. The summed E-state index contributed by atoms with van der Waals surface area (Å²) in [6.07, 6.45) is 2.15. The molecule has 32 heavy (non-hydrogen) atoms. The lowest BCUT2D eigenvalue weighted by Crippen LogP contribution is -2.55. The van der Waals surface area contributed by atoms with E-state index in [9.17, 15) is 0 Å². The van der Waals surface area contributed by atoms with Crippen molar-refractivity contribution in [2.45, 2.75) is 71.5 Å². The summed E-state index contributed by atoms with van der Waals surface area (Å²) in [5.41, 5.74) is 5.83. The minimum absolute atomic E-state index is 0.133. The molecular formula is C28H40N2O2. The van der Waals surface area contributed by atoms with E-state index in [4.69, 9.17) is 9.47 Å². The van der Waals surface area contributed by atoms with Gasteiger partial charge in [-0.3, -0.25) is 9.80 Å². The Labute approximate surface area is 194 Å². The van der Waals surface area contributed by atoms with E-state index in [1.807, 2.05) is 0 Å². The van der Waals surface area contributed by atoms with Crippen LogP contribution >= 0.6 is 0 Å². The monoisotopic (exact) mass is 436 g/mol. The maximum Gasteiger partial charge on any atom is 0.164 e. The number of piperazine rings is 1. The third-order valence-corrected chi connectivity index (χ3v) is 7.06. The smallest absolute Gasteiger partial charge is 0.164 e. The third-order valence-electron chi connectivity index (χ3n) is 7.06. The third kappa shape index (κ3) is 4.67. The Morgan fingerprint density at radius 3 is 2.59 bits per heavy atom. The van der Waals surface area contributed by atoms with Crippen molar-refractivity contribution < 1.29 is 9.47 Å². The molecule has 1 atom stereocenters. The van der Waals surface area contributed by atoms with E-state index in [0.717, 1.165) is 57.1 Å². The van der Waals surface area contributed by atoms with Crippen LogP contribution in [0.25, 0.3) is 0 Å². The summed E-state index contributed by atoms with van der Waals surface area (Å²) in [7, 11) is 1.73. The Morgan fingerprint density at radius 1 is 1.09 bits per heavy atom. The summed E-state index contributed by atoms with van der Waals surface area (Å²) in [4.78, 5) is 5.35. The highest BCUT2D eigenvalue weighted by atomic mass is 16.5. The molecule has 0 spiro atoms. The van der Waals surface area contributed by atoms with Gasteiger partial charge in [0, 0.05) is 43.3 Å². The van der Waals surface area contributed by atoms with Gasteiger partial charge < -0.3 is 9.47 Å². The Kier molecular flexibility index (Phi) is 6.83. The molecule has 0 radical (unpaired) electrons. The fraction of sp³-hybridized carbons (Fsp3) is 0.571. The Hall–Kier alpha value is -2.04. The lowest BCUT2D eigenvalue weighted by Gasteiger charge is -2.49. The van der Waals surface area contributed by atoms with E-state index in [2.05, 4.69) is 80.8 Å². The van der Waals surface area contributed by atoms with Crippen molar-refractivity contribution >= 4 is 0 Å². The Bertz CT molecular complexity index is 932. The number of fused-ring (bicyclic) bond motifs is 1. The topological polar surface area (TPSA) is 24.9 Å². The predicted octanol–water partition coefficient (Wildman–Crippen LogP) is 5.80. The molecule has 0 aromatic heterocycles. The minimum atomic E-state index is 0.133. The molecule has 2 aliphatic rings. The lowest BCUT2D eigenvalue weighted by atomic mass is 9.88. The van der Waals surface area contributed by atoms with Gasteiger partial charge in [-0.1, -0.05) is 44.2 Å². The van der Waals surface area contributed by atoms with Crippen molar-refractivity contribution in [1.29, 1.82) is 0 Å². The van der Waals surface area contributed by atoms with Crippen molar-refractivity contribution in [2.75, 3.05) is 33.4 Å². The van der Waals surface area contributed by atoms with Crippen LogP contribution in [0.15, 0.2) is 36.4 Å². The van der Waals surface area contributed by atoms with Gasteiger partial charge in [0.25, 0.3) is 0 Å². The first kappa shape index (κ1) is 23.1. The standard InChI is InChI=1S/C28H40N2O2/c1-20(2)22-10-7-8-11-24(22)25-19-29(15-16-30(25)28(3,4)5)18-21-13-14-26(31-6)27-23(21)12-9-17-32-27/h7-8,10-11,13-14,20,25H,9,12,15-19H2,1-6H3. The summed E-state index contributed by atoms with van der Waals surface area (Å²) in [6.45, 7) is 16.6. The minimum Gasteiger partial charge on any atom is -0.493 e. The Morgan fingerprint density at radius 2 is 1.88 bits per heavy atom. The number of nitrogens with zero attached hydrogens (tertiary/aromatic N) is 2. The molecule has 1 fully saturated rings. The predicted molar refractivity (Wildman–Crippen MR) is 132 cm³/mol. The molecule has 0 aliphatic carbocycles. The molecule has 4 nitrogen and oxygen atoms in total. The SMILES string of the molecule is COc1ccc(CN2CCN(C(C)(C)C)C(c3ccccc3C(C)C)C2)c2c1OCCC2. The van der Waals surface area contributed by atoms with E-state index >= 15 is 0 Å². The van der Waals surface area contributed by atoms with Gasteiger partial charge in [-0.15, -0.1) is 0 Å². The van der Waals surface area contributed by atoms with Crippen LogP contribution in [-0.4, -0.2) is 48.7 Å². The van der Waals surface area contributed by atoms with Gasteiger partial charge in [0.05, 0.1) is 13.7 Å². The van der Waals surface area contributed by atoms with Crippen LogP contribution in [0.2, 0.25) is 0 Å². The van der Waals surface area contributed by atoms with Gasteiger partial charge in [0.2, 0.25) is 0 Å². The summed E-state index contributed by atoms with van der Waals surface area (Å²) < 4.78 is 11.6. The highest BCUT2D eigenvalue weighted by Crippen LogP contribution is 2.39. The second-order valence-electron chi connectivity index (χ2n) is 10.6. The van der Waals surface area contributed by atoms with E-state index in [-0.39, 0.29) is 5.54 Å². The number of methoxy groups -OCH3 is 1. The van der Waals surface area contributed by atoms with Crippen LogP contribution in [0.5, 0.6) is 11.5 Å². The molecule has 2 aromatic rings. The van der Waals surface area contributed by atoms with Gasteiger partial charge >= 0.3 is 0 Å². The van der Waals surface area contributed by atoms with Gasteiger partial charge in [-0.2, -0.15) is 0 Å². The van der Waals surface area contributed by atoms with Crippen molar-refractivity contribution in [3.05, 3.63) is 58.7 Å². The molecule has 2 aliphatic heterocycles. The van der Waals surface area contributed by atoms with Crippen LogP contribution in [0.3, 0.4) is 0 Å². The zero-order chi connectivity index (χ0) is 22.9. The zero-order valence-corrected chi connectivity index (χ0v) is 20.8.